The Kier molecular flexibility index (Phi) is 6.73. The maximum absolute atomic E-state index is 6.61. The molecule has 8 aromatic carbocycles. The molecule has 0 saturated heterocycles. The number of hydrogen-bond donors (Lipinski definition) is 0. The fraction of sp³-hybridized carbons (Fsp3) is 0.0200. The molecule has 0 N–H and O–H groups in total. The number of hydrogen-bond acceptors (Lipinski definition) is 4. The van der Waals surface area contributed by atoms with Crippen LogP contribution in [-0.4, -0.2) is 15.0 Å². The maximum Gasteiger partial charge on any atom is 0.165 e. The SMILES string of the molecule is c1ccc(-c2nc(-c3ccccc3)nc(-c3c(-c4ccc5c(c4)C4(c6ccccc6Oc6ccccc64)c4ccccc4-5)ccc4ccccc34)n2)cc1. The second kappa shape index (κ2) is 11.9. The summed E-state index contributed by atoms with van der Waals surface area (Å²) in [6, 6.07) is 66.1. The third-order valence-electron chi connectivity index (χ3n) is 11.0. The number of aromatic nitrogens is 3. The summed E-state index contributed by atoms with van der Waals surface area (Å²) in [5.41, 5.74) is 11.7. The number of fused-ring (bicyclic) bond motifs is 10. The third kappa shape index (κ3) is 4.47. The number of benzene rings is 8. The lowest BCUT2D eigenvalue weighted by atomic mass is 9.66. The first-order valence-electron chi connectivity index (χ1n) is 18.3. The third-order valence-corrected chi connectivity index (χ3v) is 11.0. The van der Waals surface area contributed by atoms with Crippen LogP contribution in [0.3, 0.4) is 0 Å². The van der Waals surface area contributed by atoms with Crippen molar-refractivity contribution in [2.45, 2.75) is 5.41 Å². The summed E-state index contributed by atoms with van der Waals surface area (Å²) >= 11 is 0. The molecule has 1 aromatic heterocycles. The zero-order valence-corrected chi connectivity index (χ0v) is 29.1. The van der Waals surface area contributed by atoms with E-state index in [1.807, 2.05) is 36.4 Å². The highest BCUT2D eigenvalue weighted by Gasteiger charge is 2.51. The van der Waals surface area contributed by atoms with Gasteiger partial charge in [0.1, 0.15) is 11.5 Å². The van der Waals surface area contributed by atoms with Gasteiger partial charge in [0.15, 0.2) is 17.5 Å². The average Bonchev–Trinajstić information content (AvgIpc) is 3.53. The Morgan fingerprint density at radius 2 is 0.870 bits per heavy atom. The molecule has 1 aliphatic carbocycles. The molecule has 0 bridgehead atoms. The van der Waals surface area contributed by atoms with E-state index in [0.29, 0.717) is 17.5 Å². The monoisotopic (exact) mass is 689 g/mol. The molecule has 1 aliphatic heterocycles. The van der Waals surface area contributed by atoms with Crippen LogP contribution in [0.4, 0.5) is 0 Å². The van der Waals surface area contributed by atoms with Gasteiger partial charge in [0, 0.05) is 27.8 Å². The molecule has 0 unspecified atom stereocenters. The van der Waals surface area contributed by atoms with E-state index < -0.39 is 5.41 Å². The van der Waals surface area contributed by atoms with Gasteiger partial charge in [-0.2, -0.15) is 0 Å². The fourth-order valence-corrected chi connectivity index (χ4v) is 8.70. The molecule has 2 heterocycles. The van der Waals surface area contributed by atoms with Gasteiger partial charge in [-0.05, 0) is 62.4 Å². The molecule has 0 saturated carbocycles. The van der Waals surface area contributed by atoms with Gasteiger partial charge >= 0.3 is 0 Å². The highest BCUT2D eigenvalue weighted by Crippen LogP contribution is 2.62. The van der Waals surface area contributed by atoms with Crippen LogP contribution in [0.5, 0.6) is 11.5 Å². The van der Waals surface area contributed by atoms with Crippen molar-refractivity contribution in [2.75, 3.05) is 0 Å². The van der Waals surface area contributed by atoms with Crippen molar-refractivity contribution in [1.29, 1.82) is 0 Å². The Morgan fingerprint density at radius 1 is 0.352 bits per heavy atom. The summed E-state index contributed by atoms with van der Waals surface area (Å²) in [4.78, 5) is 15.5. The molecular weight excluding hydrogens is 659 g/mol. The summed E-state index contributed by atoms with van der Waals surface area (Å²) in [6.07, 6.45) is 0. The van der Waals surface area contributed by atoms with E-state index in [1.54, 1.807) is 0 Å². The highest BCUT2D eigenvalue weighted by molar-refractivity contribution is 6.03. The van der Waals surface area contributed by atoms with Gasteiger partial charge < -0.3 is 4.74 Å². The lowest BCUT2D eigenvalue weighted by molar-refractivity contribution is 0.436. The van der Waals surface area contributed by atoms with Crippen molar-refractivity contribution in [3.05, 3.63) is 210 Å². The Labute approximate surface area is 313 Å². The Morgan fingerprint density at radius 3 is 1.56 bits per heavy atom. The van der Waals surface area contributed by atoms with Crippen molar-refractivity contribution in [3.63, 3.8) is 0 Å². The summed E-state index contributed by atoms with van der Waals surface area (Å²) < 4.78 is 6.61. The minimum absolute atomic E-state index is 0.571. The second-order valence-electron chi connectivity index (χ2n) is 13.9. The van der Waals surface area contributed by atoms with E-state index in [2.05, 4.69) is 152 Å². The van der Waals surface area contributed by atoms with Crippen molar-refractivity contribution in [3.8, 4) is 67.9 Å². The zero-order valence-electron chi connectivity index (χ0n) is 29.1. The first-order chi connectivity index (χ1) is 26.8. The van der Waals surface area contributed by atoms with Crippen molar-refractivity contribution >= 4 is 10.8 Å². The van der Waals surface area contributed by atoms with Crippen molar-refractivity contribution in [1.82, 2.24) is 15.0 Å². The number of rotatable bonds is 4. The molecule has 2 aliphatic rings. The first kappa shape index (κ1) is 30.5. The number of ether oxygens (including phenoxy) is 1. The largest absolute Gasteiger partial charge is 0.457 e. The van der Waals surface area contributed by atoms with Crippen LogP contribution < -0.4 is 4.74 Å². The number of para-hydroxylation sites is 2. The molecule has 4 nitrogen and oxygen atoms in total. The lowest BCUT2D eigenvalue weighted by Gasteiger charge is -2.39. The normalized spacial score (nSPS) is 13.1. The van der Waals surface area contributed by atoms with Crippen LogP contribution in [0.25, 0.3) is 67.2 Å². The summed E-state index contributed by atoms with van der Waals surface area (Å²) in [6.45, 7) is 0. The van der Waals surface area contributed by atoms with Crippen LogP contribution >= 0.6 is 0 Å². The van der Waals surface area contributed by atoms with Crippen LogP contribution in [0.2, 0.25) is 0 Å². The minimum Gasteiger partial charge on any atom is -0.457 e. The van der Waals surface area contributed by atoms with Crippen molar-refractivity contribution < 1.29 is 4.74 Å². The van der Waals surface area contributed by atoms with E-state index in [0.717, 1.165) is 61.2 Å². The molecule has 1 spiro atoms. The van der Waals surface area contributed by atoms with Crippen LogP contribution in [0.15, 0.2) is 188 Å². The molecule has 0 radical (unpaired) electrons. The van der Waals surface area contributed by atoms with Gasteiger partial charge in [-0.3, -0.25) is 0 Å². The molecule has 54 heavy (non-hydrogen) atoms. The summed E-state index contributed by atoms with van der Waals surface area (Å²) in [7, 11) is 0. The molecule has 0 atom stereocenters. The first-order valence-corrected chi connectivity index (χ1v) is 18.3. The van der Waals surface area contributed by atoms with Crippen molar-refractivity contribution in [2.24, 2.45) is 0 Å². The van der Waals surface area contributed by atoms with E-state index in [9.17, 15) is 0 Å². The Hall–Kier alpha value is -7.17. The van der Waals surface area contributed by atoms with Crippen LogP contribution in [-0.2, 0) is 5.41 Å². The predicted octanol–water partition coefficient (Wildman–Crippen LogP) is 12.2. The van der Waals surface area contributed by atoms with E-state index in [-0.39, 0.29) is 0 Å². The fourth-order valence-electron chi connectivity index (χ4n) is 8.70. The molecule has 11 rings (SSSR count). The molecule has 9 aromatic rings. The molecule has 0 amide bonds. The molecular formula is C50H31N3O. The van der Waals surface area contributed by atoms with Gasteiger partial charge in [-0.15, -0.1) is 0 Å². The number of nitrogens with zero attached hydrogens (tertiary/aromatic N) is 3. The molecule has 4 heteroatoms. The van der Waals surface area contributed by atoms with E-state index in [4.69, 9.17) is 19.7 Å². The topological polar surface area (TPSA) is 47.9 Å². The Bertz CT molecular complexity index is 2820. The summed E-state index contributed by atoms with van der Waals surface area (Å²) in [5, 5.41) is 2.20. The van der Waals surface area contributed by atoms with E-state index >= 15 is 0 Å². The molecule has 252 valence electrons. The average molecular weight is 690 g/mol. The zero-order chi connectivity index (χ0) is 35.6. The van der Waals surface area contributed by atoms with Gasteiger partial charge in [0.2, 0.25) is 0 Å². The van der Waals surface area contributed by atoms with E-state index in [1.165, 1.54) is 22.3 Å². The summed E-state index contributed by atoms with van der Waals surface area (Å²) in [5.74, 6) is 3.66. The molecule has 0 fully saturated rings. The van der Waals surface area contributed by atoms with Gasteiger partial charge in [-0.25, -0.2) is 15.0 Å². The second-order valence-corrected chi connectivity index (χ2v) is 13.9. The quantitative estimate of drug-likeness (QED) is 0.185. The Balaban J connectivity index is 1.21. The van der Waals surface area contributed by atoms with Gasteiger partial charge in [0.25, 0.3) is 0 Å². The predicted molar refractivity (Wildman–Crippen MR) is 216 cm³/mol. The smallest absolute Gasteiger partial charge is 0.165 e. The highest BCUT2D eigenvalue weighted by atomic mass is 16.5. The van der Waals surface area contributed by atoms with Crippen LogP contribution in [0.1, 0.15) is 22.3 Å². The van der Waals surface area contributed by atoms with Crippen LogP contribution in [0, 0.1) is 0 Å². The lowest BCUT2D eigenvalue weighted by Crippen LogP contribution is -2.32. The standard InChI is InChI=1S/C50H31N3O/c1-3-16-33(17-4-1)47-51-48(34-18-5-2-6-19-34)53-49(52-47)46-36-20-8-7-15-32(36)27-29-37(46)35-28-30-39-38-21-9-10-22-40(38)50(43(39)31-35)41-23-11-13-25-44(41)54-45-26-14-12-24-42(45)50/h1-31H. The van der Waals surface area contributed by atoms with Gasteiger partial charge in [-0.1, -0.05) is 170 Å². The maximum atomic E-state index is 6.61. The van der Waals surface area contributed by atoms with Gasteiger partial charge in [0.05, 0.1) is 5.41 Å². The minimum atomic E-state index is -0.571.